The molecule has 0 unspecified atom stereocenters. The van der Waals surface area contributed by atoms with Crippen molar-refractivity contribution in [2.45, 2.75) is 0 Å². The molecule has 5 nitrogen and oxygen atoms in total. The second kappa shape index (κ2) is 5.70. The lowest BCUT2D eigenvalue weighted by atomic mass is 10.00. The number of anilines is 1. The Morgan fingerprint density at radius 1 is 0.958 bits per heavy atom. The van der Waals surface area contributed by atoms with E-state index in [1.807, 2.05) is 60.7 Å². The van der Waals surface area contributed by atoms with Crippen LogP contribution in [0.3, 0.4) is 0 Å². The number of ether oxygens (including phenoxy) is 1. The van der Waals surface area contributed by atoms with Gasteiger partial charge in [0.1, 0.15) is 5.75 Å². The van der Waals surface area contributed by atoms with Gasteiger partial charge in [0.2, 0.25) is 11.5 Å². The molecule has 0 saturated heterocycles. The van der Waals surface area contributed by atoms with Gasteiger partial charge in [-0.3, -0.25) is 0 Å². The first-order chi connectivity index (χ1) is 11.8. The van der Waals surface area contributed by atoms with Crippen LogP contribution < -0.4 is 10.5 Å². The minimum absolute atomic E-state index is 0.267. The predicted octanol–water partition coefficient (Wildman–Crippen LogP) is 4.15. The quantitative estimate of drug-likeness (QED) is 0.614. The van der Waals surface area contributed by atoms with Crippen molar-refractivity contribution >= 4 is 16.9 Å². The van der Waals surface area contributed by atoms with Gasteiger partial charge >= 0.3 is 0 Å². The predicted molar refractivity (Wildman–Crippen MR) is 93.6 cm³/mol. The standard InChI is InChI=1S/C19H15N3O2/c1-23-14-9-7-12(8-10-14)15-11-16(13-5-3-2-4-6-13)21-19-17(15)18(20)24-22-19/h2-11H,20H2,1H3. The van der Waals surface area contributed by atoms with Crippen molar-refractivity contribution in [3.05, 3.63) is 60.7 Å². The van der Waals surface area contributed by atoms with Gasteiger partial charge in [-0.25, -0.2) is 4.98 Å². The number of fused-ring (bicyclic) bond motifs is 1. The minimum atomic E-state index is 0.267. The fourth-order valence-corrected chi connectivity index (χ4v) is 2.73. The van der Waals surface area contributed by atoms with Gasteiger partial charge in [-0.2, -0.15) is 0 Å². The Bertz CT molecular complexity index is 992. The molecule has 118 valence electrons. The van der Waals surface area contributed by atoms with E-state index in [0.717, 1.165) is 33.5 Å². The van der Waals surface area contributed by atoms with Crippen LogP contribution >= 0.6 is 0 Å². The lowest BCUT2D eigenvalue weighted by molar-refractivity contribution is 0.415. The van der Waals surface area contributed by atoms with Gasteiger partial charge in [-0.05, 0) is 23.8 Å². The molecule has 0 atom stereocenters. The highest BCUT2D eigenvalue weighted by atomic mass is 16.5. The molecule has 0 spiro atoms. The van der Waals surface area contributed by atoms with E-state index in [2.05, 4.69) is 10.1 Å². The first-order valence-corrected chi connectivity index (χ1v) is 7.52. The molecule has 5 heteroatoms. The molecule has 4 aromatic rings. The summed E-state index contributed by atoms with van der Waals surface area (Å²) < 4.78 is 10.4. The number of nitrogens with two attached hydrogens (primary N) is 1. The molecule has 0 aliphatic carbocycles. The van der Waals surface area contributed by atoms with E-state index in [0.29, 0.717) is 5.65 Å². The summed E-state index contributed by atoms with van der Waals surface area (Å²) in [4.78, 5) is 4.58. The minimum Gasteiger partial charge on any atom is -0.497 e. The molecule has 2 N–H and O–H groups in total. The van der Waals surface area contributed by atoms with Crippen molar-refractivity contribution in [2.24, 2.45) is 0 Å². The fraction of sp³-hybridized carbons (Fsp3) is 0.0526. The maximum absolute atomic E-state index is 5.97. The van der Waals surface area contributed by atoms with Crippen LogP contribution in [0.2, 0.25) is 0 Å². The molecule has 24 heavy (non-hydrogen) atoms. The van der Waals surface area contributed by atoms with Gasteiger partial charge in [0.15, 0.2) is 0 Å². The van der Waals surface area contributed by atoms with Crippen LogP contribution in [0.4, 0.5) is 5.88 Å². The molecule has 0 bridgehead atoms. The second-order valence-electron chi connectivity index (χ2n) is 5.40. The summed E-state index contributed by atoms with van der Waals surface area (Å²) in [6, 6.07) is 19.7. The third-order valence-electron chi connectivity index (χ3n) is 3.95. The third kappa shape index (κ3) is 2.36. The number of hydrogen-bond donors (Lipinski definition) is 1. The Morgan fingerprint density at radius 3 is 2.42 bits per heavy atom. The zero-order valence-electron chi connectivity index (χ0n) is 13.1. The number of rotatable bonds is 3. The zero-order chi connectivity index (χ0) is 16.5. The highest BCUT2D eigenvalue weighted by molar-refractivity contribution is 6.00. The summed E-state index contributed by atoms with van der Waals surface area (Å²) in [6.07, 6.45) is 0. The van der Waals surface area contributed by atoms with E-state index in [1.165, 1.54) is 0 Å². The maximum Gasteiger partial charge on any atom is 0.232 e. The van der Waals surface area contributed by atoms with E-state index in [1.54, 1.807) is 7.11 Å². The molecule has 2 heterocycles. The van der Waals surface area contributed by atoms with E-state index in [4.69, 9.17) is 15.0 Å². The normalized spacial score (nSPS) is 10.9. The summed E-state index contributed by atoms with van der Waals surface area (Å²) in [5, 5.41) is 4.71. The lowest BCUT2D eigenvalue weighted by Crippen LogP contribution is -1.91. The Morgan fingerprint density at radius 2 is 1.71 bits per heavy atom. The van der Waals surface area contributed by atoms with E-state index < -0.39 is 0 Å². The average Bonchev–Trinajstić information content (AvgIpc) is 3.03. The van der Waals surface area contributed by atoms with Gasteiger partial charge in [-0.1, -0.05) is 47.6 Å². The second-order valence-corrected chi connectivity index (χ2v) is 5.40. The Balaban J connectivity index is 1.96. The molecular weight excluding hydrogens is 302 g/mol. The summed E-state index contributed by atoms with van der Waals surface area (Å²) in [5.41, 5.74) is 10.2. The number of nitrogen functional groups attached to an aromatic ring is 1. The number of hydrogen-bond acceptors (Lipinski definition) is 5. The van der Waals surface area contributed by atoms with Gasteiger partial charge < -0.3 is 15.0 Å². The molecular formula is C19H15N3O2. The number of methoxy groups -OCH3 is 1. The van der Waals surface area contributed by atoms with Crippen LogP contribution in [0.25, 0.3) is 33.4 Å². The third-order valence-corrected chi connectivity index (χ3v) is 3.95. The van der Waals surface area contributed by atoms with Crippen molar-refractivity contribution in [3.8, 4) is 28.1 Å². The largest absolute Gasteiger partial charge is 0.497 e. The number of nitrogens with zero attached hydrogens (tertiary/aromatic N) is 2. The molecule has 0 aliphatic heterocycles. The molecule has 4 rings (SSSR count). The molecule has 0 amide bonds. The molecule has 0 fully saturated rings. The lowest BCUT2D eigenvalue weighted by Gasteiger charge is -2.08. The molecule has 2 aromatic heterocycles. The van der Waals surface area contributed by atoms with E-state index in [-0.39, 0.29) is 5.88 Å². The van der Waals surface area contributed by atoms with E-state index >= 15 is 0 Å². The first kappa shape index (κ1) is 14.3. The highest BCUT2D eigenvalue weighted by Crippen LogP contribution is 2.35. The highest BCUT2D eigenvalue weighted by Gasteiger charge is 2.16. The van der Waals surface area contributed by atoms with Gasteiger partial charge in [-0.15, -0.1) is 0 Å². The Labute approximate surface area is 138 Å². The van der Waals surface area contributed by atoms with Crippen molar-refractivity contribution in [1.82, 2.24) is 10.1 Å². The van der Waals surface area contributed by atoms with Crippen LogP contribution in [0.5, 0.6) is 5.75 Å². The molecule has 0 radical (unpaired) electrons. The SMILES string of the molecule is COc1ccc(-c2cc(-c3ccccc3)nc3noc(N)c23)cc1. The van der Waals surface area contributed by atoms with Crippen molar-refractivity contribution in [1.29, 1.82) is 0 Å². The summed E-state index contributed by atoms with van der Waals surface area (Å²) in [6.45, 7) is 0. The summed E-state index contributed by atoms with van der Waals surface area (Å²) in [7, 11) is 1.64. The fourth-order valence-electron chi connectivity index (χ4n) is 2.73. The molecule has 0 saturated carbocycles. The summed E-state index contributed by atoms with van der Waals surface area (Å²) >= 11 is 0. The number of pyridine rings is 1. The topological polar surface area (TPSA) is 74.2 Å². The first-order valence-electron chi connectivity index (χ1n) is 7.52. The Kier molecular flexibility index (Phi) is 3.39. The maximum atomic E-state index is 5.97. The van der Waals surface area contributed by atoms with Crippen LogP contribution in [-0.4, -0.2) is 17.3 Å². The monoisotopic (exact) mass is 317 g/mol. The number of benzene rings is 2. The van der Waals surface area contributed by atoms with Crippen molar-refractivity contribution < 1.29 is 9.26 Å². The van der Waals surface area contributed by atoms with Gasteiger partial charge in [0.05, 0.1) is 18.2 Å². The van der Waals surface area contributed by atoms with Gasteiger partial charge in [0, 0.05) is 11.1 Å². The smallest absolute Gasteiger partial charge is 0.232 e. The van der Waals surface area contributed by atoms with Crippen molar-refractivity contribution in [3.63, 3.8) is 0 Å². The van der Waals surface area contributed by atoms with Crippen LogP contribution in [0, 0.1) is 0 Å². The summed E-state index contributed by atoms with van der Waals surface area (Å²) in [5.74, 6) is 1.06. The van der Waals surface area contributed by atoms with Crippen LogP contribution in [0.15, 0.2) is 65.2 Å². The van der Waals surface area contributed by atoms with Crippen molar-refractivity contribution in [2.75, 3.05) is 12.8 Å². The van der Waals surface area contributed by atoms with Crippen LogP contribution in [-0.2, 0) is 0 Å². The van der Waals surface area contributed by atoms with Crippen LogP contribution in [0.1, 0.15) is 0 Å². The zero-order valence-corrected chi connectivity index (χ0v) is 13.1. The number of aromatic nitrogens is 2. The van der Waals surface area contributed by atoms with E-state index in [9.17, 15) is 0 Å². The molecule has 0 aliphatic rings. The average molecular weight is 317 g/mol. The molecule has 2 aromatic carbocycles. The van der Waals surface area contributed by atoms with Gasteiger partial charge in [0.25, 0.3) is 0 Å². The Hall–Kier alpha value is -3.34.